The van der Waals surface area contributed by atoms with E-state index in [9.17, 15) is 9.90 Å². The predicted octanol–water partition coefficient (Wildman–Crippen LogP) is 2.78. The summed E-state index contributed by atoms with van der Waals surface area (Å²) in [5, 5.41) is 9.97. The van der Waals surface area contributed by atoms with E-state index in [1.165, 1.54) is 11.3 Å². The van der Waals surface area contributed by atoms with Crippen molar-refractivity contribution in [1.29, 1.82) is 0 Å². The first-order chi connectivity index (χ1) is 7.98. The van der Waals surface area contributed by atoms with E-state index in [1.54, 1.807) is 12.1 Å². The Bertz CT molecular complexity index is 416. The third-order valence-corrected chi connectivity index (χ3v) is 4.35. The fraction of sp³-hybridized carbons (Fsp3) is 0.583. The lowest BCUT2D eigenvalue weighted by atomic mass is 9.98. The highest BCUT2D eigenvalue weighted by Crippen LogP contribution is 2.26. The number of likely N-dealkylation sites (tertiary alicyclic amines) is 1. The first kappa shape index (κ1) is 12.9. The fourth-order valence-electron chi connectivity index (χ4n) is 2.05. The molecule has 3 nitrogen and oxygen atoms in total. The van der Waals surface area contributed by atoms with Crippen molar-refractivity contribution in [2.75, 3.05) is 13.1 Å². The molecule has 2 rings (SSSR count). The lowest BCUT2D eigenvalue weighted by Gasteiger charge is -2.22. The smallest absolute Gasteiger partial charge is 0.263 e. The minimum atomic E-state index is -0.637. The van der Waals surface area contributed by atoms with Crippen LogP contribution in [-0.2, 0) is 0 Å². The lowest BCUT2D eigenvalue weighted by molar-refractivity contribution is 0.0438. The van der Waals surface area contributed by atoms with Gasteiger partial charge in [-0.3, -0.25) is 4.79 Å². The number of hydrogen-bond acceptors (Lipinski definition) is 3. The van der Waals surface area contributed by atoms with E-state index in [1.807, 2.05) is 11.8 Å². The highest BCUT2D eigenvalue weighted by Gasteiger charge is 2.27. The van der Waals surface area contributed by atoms with Gasteiger partial charge in [0.1, 0.15) is 0 Å². The Balaban J connectivity index is 2.05. The van der Waals surface area contributed by atoms with Crippen molar-refractivity contribution in [3.05, 3.63) is 21.3 Å². The Morgan fingerprint density at radius 1 is 1.47 bits per heavy atom. The van der Waals surface area contributed by atoms with Crippen molar-refractivity contribution in [2.45, 2.75) is 31.8 Å². The van der Waals surface area contributed by atoms with Gasteiger partial charge >= 0.3 is 0 Å². The van der Waals surface area contributed by atoms with E-state index < -0.39 is 5.60 Å². The van der Waals surface area contributed by atoms with Crippen molar-refractivity contribution in [2.24, 2.45) is 0 Å². The molecule has 1 aliphatic rings. The minimum Gasteiger partial charge on any atom is -0.390 e. The number of aliphatic hydroxyl groups is 1. The molecule has 0 spiro atoms. The first-order valence-corrected chi connectivity index (χ1v) is 6.94. The van der Waals surface area contributed by atoms with Gasteiger partial charge in [0.05, 0.1) is 14.8 Å². The van der Waals surface area contributed by atoms with Crippen molar-refractivity contribution in [3.8, 4) is 0 Å². The summed E-state index contributed by atoms with van der Waals surface area (Å²) >= 11 is 7.14. The maximum atomic E-state index is 12.2. The number of rotatable bonds is 1. The molecule has 1 unspecified atom stereocenters. The van der Waals surface area contributed by atoms with Gasteiger partial charge in [-0.2, -0.15) is 0 Å². The van der Waals surface area contributed by atoms with Crippen molar-refractivity contribution in [1.82, 2.24) is 4.90 Å². The first-order valence-electron chi connectivity index (χ1n) is 5.75. The maximum Gasteiger partial charge on any atom is 0.263 e. The molecule has 1 saturated heterocycles. The Labute approximate surface area is 110 Å². The van der Waals surface area contributed by atoms with Gasteiger partial charge in [0, 0.05) is 13.1 Å². The minimum absolute atomic E-state index is 0.0274. The summed E-state index contributed by atoms with van der Waals surface area (Å²) in [6.07, 6.45) is 2.23. The Morgan fingerprint density at radius 2 is 2.24 bits per heavy atom. The molecule has 5 heteroatoms. The molecule has 2 heterocycles. The van der Waals surface area contributed by atoms with Crippen LogP contribution in [0.5, 0.6) is 0 Å². The molecule has 1 aromatic rings. The molecule has 1 aliphatic heterocycles. The number of amides is 1. The van der Waals surface area contributed by atoms with Gasteiger partial charge in [-0.1, -0.05) is 11.6 Å². The normalized spacial score (nSPS) is 25.7. The van der Waals surface area contributed by atoms with Crippen molar-refractivity contribution in [3.63, 3.8) is 0 Å². The number of hydrogen-bond donors (Lipinski definition) is 1. The standard InChI is InChI=1S/C12H16ClNO2S/c1-12(16)5-2-7-14(8-6-12)11(15)9-3-4-10(13)17-9/h3-4,16H,2,5-8H2,1H3. The van der Waals surface area contributed by atoms with E-state index in [0.29, 0.717) is 28.7 Å². The van der Waals surface area contributed by atoms with Crippen LogP contribution < -0.4 is 0 Å². The fourth-order valence-corrected chi connectivity index (χ4v) is 3.06. The summed E-state index contributed by atoms with van der Waals surface area (Å²) in [4.78, 5) is 14.7. The van der Waals surface area contributed by atoms with E-state index >= 15 is 0 Å². The molecule has 17 heavy (non-hydrogen) atoms. The molecule has 0 aromatic carbocycles. The highest BCUT2D eigenvalue weighted by molar-refractivity contribution is 7.17. The summed E-state index contributed by atoms with van der Waals surface area (Å²) < 4.78 is 0.634. The average molecular weight is 274 g/mol. The molecule has 94 valence electrons. The summed E-state index contributed by atoms with van der Waals surface area (Å²) in [7, 11) is 0. The predicted molar refractivity (Wildman–Crippen MR) is 69.7 cm³/mol. The number of halogens is 1. The second kappa shape index (κ2) is 4.96. The Morgan fingerprint density at radius 3 is 2.88 bits per heavy atom. The van der Waals surface area contributed by atoms with Crippen LogP contribution in [0, 0.1) is 0 Å². The van der Waals surface area contributed by atoms with Gasteiger partial charge in [-0.25, -0.2) is 0 Å². The van der Waals surface area contributed by atoms with E-state index in [0.717, 1.165) is 12.8 Å². The quantitative estimate of drug-likeness (QED) is 0.855. The second-order valence-corrected chi connectivity index (χ2v) is 6.46. The summed E-state index contributed by atoms with van der Waals surface area (Å²) in [5.41, 5.74) is -0.637. The number of carbonyl (C=O) groups is 1. The van der Waals surface area contributed by atoms with Gasteiger partial charge in [-0.15, -0.1) is 11.3 Å². The summed E-state index contributed by atoms with van der Waals surface area (Å²) in [5.74, 6) is 0.0274. The van der Waals surface area contributed by atoms with E-state index in [2.05, 4.69) is 0 Å². The molecule has 1 fully saturated rings. The van der Waals surface area contributed by atoms with Gasteiger partial charge in [0.25, 0.3) is 5.91 Å². The number of nitrogens with zero attached hydrogens (tertiary/aromatic N) is 1. The Kier molecular flexibility index (Phi) is 3.76. The topological polar surface area (TPSA) is 40.5 Å². The van der Waals surface area contributed by atoms with E-state index in [-0.39, 0.29) is 5.91 Å². The molecule has 0 saturated carbocycles. The van der Waals surface area contributed by atoms with Crippen LogP contribution in [0.2, 0.25) is 4.34 Å². The average Bonchev–Trinajstić information content (AvgIpc) is 2.60. The third kappa shape index (κ3) is 3.21. The molecule has 0 radical (unpaired) electrons. The highest BCUT2D eigenvalue weighted by atomic mass is 35.5. The second-order valence-electron chi connectivity index (χ2n) is 4.75. The number of thiophene rings is 1. The molecule has 0 bridgehead atoms. The molecule has 1 N–H and O–H groups in total. The van der Waals surface area contributed by atoms with Crippen LogP contribution in [0.4, 0.5) is 0 Å². The van der Waals surface area contributed by atoms with Gasteiger partial charge in [0.15, 0.2) is 0 Å². The van der Waals surface area contributed by atoms with Crippen LogP contribution in [0.3, 0.4) is 0 Å². The zero-order valence-electron chi connectivity index (χ0n) is 9.78. The summed E-state index contributed by atoms with van der Waals surface area (Å²) in [6.45, 7) is 3.16. The van der Waals surface area contributed by atoms with Crippen molar-refractivity contribution < 1.29 is 9.90 Å². The zero-order chi connectivity index (χ0) is 12.5. The monoisotopic (exact) mass is 273 g/mol. The van der Waals surface area contributed by atoms with Crippen LogP contribution in [0.25, 0.3) is 0 Å². The molecular formula is C12H16ClNO2S. The van der Waals surface area contributed by atoms with Crippen LogP contribution in [0.15, 0.2) is 12.1 Å². The third-order valence-electron chi connectivity index (χ3n) is 3.13. The molecule has 0 aliphatic carbocycles. The molecular weight excluding hydrogens is 258 g/mol. The van der Waals surface area contributed by atoms with Gasteiger partial charge in [0.2, 0.25) is 0 Å². The Hall–Kier alpha value is -0.580. The lowest BCUT2D eigenvalue weighted by Crippen LogP contribution is -2.33. The van der Waals surface area contributed by atoms with Crippen molar-refractivity contribution >= 4 is 28.8 Å². The van der Waals surface area contributed by atoms with Gasteiger partial charge < -0.3 is 10.0 Å². The van der Waals surface area contributed by atoms with E-state index in [4.69, 9.17) is 11.6 Å². The maximum absolute atomic E-state index is 12.2. The SMILES string of the molecule is CC1(O)CCCN(C(=O)c2ccc(Cl)s2)CC1. The number of carbonyl (C=O) groups excluding carboxylic acids is 1. The van der Waals surface area contributed by atoms with Crippen LogP contribution in [0.1, 0.15) is 35.9 Å². The zero-order valence-corrected chi connectivity index (χ0v) is 11.4. The van der Waals surface area contributed by atoms with Crippen LogP contribution >= 0.6 is 22.9 Å². The van der Waals surface area contributed by atoms with Crippen LogP contribution in [-0.4, -0.2) is 34.6 Å². The van der Waals surface area contributed by atoms with Gasteiger partial charge in [-0.05, 0) is 38.3 Å². The molecule has 1 atom stereocenters. The molecule has 1 aromatic heterocycles. The largest absolute Gasteiger partial charge is 0.390 e. The molecule has 1 amide bonds. The summed E-state index contributed by atoms with van der Waals surface area (Å²) in [6, 6.07) is 3.51.